The molecule has 13 heavy (non-hydrogen) atoms. The summed E-state index contributed by atoms with van der Waals surface area (Å²) in [6, 6.07) is 0. The van der Waals surface area contributed by atoms with E-state index in [1.165, 1.54) is 32.1 Å². The largest absolute Gasteiger partial charge is 0.497 e. The van der Waals surface area contributed by atoms with E-state index < -0.39 is 0 Å². The van der Waals surface area contributed by atoms with Gasteiger partial charge in [0.25, 0.3) is 0 Å². The molecule has 0 aromatic rings. The Balaban J connectivity index is 1.69. The number of allylic oxidation sites excluding steroid dienone is 1. The summed E-state index contributed by atoms with van der Waals surface area (Å²) in [5.41, 5.74) is 0.421. The Bertz CT molecular complexity index is 196. The van der Waals surface area contributed by atoms with Gasteiger partial charge in [-0.2, -0.15) is 0 Å². The van der Waals surface area contributed by atoms with Gasteiger partial charge in [-0.3, -0.25) is 0 Å². The molecule has 1 N–H and O–H groups in total. The van der Waals surface area contributed by atoms with Gasteiger partial charge in [-0.15, -0.1) is 0 Å². The van der Waals surface area contributed by atoms with E-state index in [1.807, 2.05) is 6.26 Å². The molecule has 1 fully saturated rings. The van der Waals surface area contributed by atoms with Crippen LogP contribution in [-0.2, 0) is 4.74 Å². The Morgan fingerprint density at radius 1 is 1.54 bits per heavy atom. The minimum absolute atomic E-state index is 0.405. The van der Waals surface area contributed by atoms with E-state index in [2.05, 4.69) is 18.3 Å². The fourth-order valence-electron chi connectivity index (χ4n) is 1.98. The van der Waals surface area contributed by atoms with E-state index in [4.69, 9.17) is 4.74 Å². The average Bonchev–Trinajstić information content (AvgIpc) is 2.13. The zero-order valence-corrected chi connectivity index (χ0v) is 8.38. The zero-order valence-electron chi connectivity index (χ0n) is 8.38. The summed E-state index contributed by atoms with van der Waals surface area (Å²) in [6.45, 7) is 3.33. The van der Waals surface area contributed by atoms with Crippen molar-refractivity contribution in [2.45, 2.75) is 50.7 Å². The number of ether oxygens (including phenoxy) is 1. The molecule has 2 rings (SSSR count). The molecule has 0 saturated heterocycles. The first kappa shape index (κ1) is 9.07. The maximum Gasteiger partial charge on any atom is 0.110 e. The second-order valence-electron chi connectivity index (χ2n) is 4.50. The number of hydrogen-bond donors (Lipinski definition) is 1. The molecule has 0 bridgehead atoms. The van der Waals surface area contributed by atoms with Crippen LogP contribution in [0.3, 0.4) is 0 Å². The van der Waals surface area contributed by atoms with Gasteiger partial charge in [0.1, 0.15) is 6.10 Å². The first-order valence-electron chi connectivity index (χ1n) is 5.34. The molecule has 0 radical (unpaired) electrons. The smallest absolute Gasteiger partial charge is 0.110 e. The Hall–Kier alpha value is -0.500. The average molecular weight is 181 g/mol. The quantitative estimate of drug-likeness (QED) is 0.720. The van der Waals surface area contributed by atoms with E-state index in [0.717, 1.165) is 6.54 Å². The molecule has 0 aromatic heterocycles. The first-order chi connectivity index (χ1) is 6.29. The van der Waals surface area contributed by atoms with Crippen LogP contribution in [0.4, 0.5) is 0 Å². The number of rotatable bonds is 3. The van der Waals surface area contributed by atoms with Crippen molar-refractivity contribution in [1.29, 1.82) is 0 Å². The lowest BCUT2D eigenvalue weighted by atomic mass is 9.78. The first-order valence-corrected chi connectivity index (χ1v) is 5.34. The van der Waals surface area contributed by atoms with Gasteiger partial charge >= 0.3 is 0 Å². The molecule has 74 valence electrons. The topological polar surface area (TPSA) is 21.3 Å². The normalized spacial score (nSPS) is 30.7. The van der Waals surface area contributed by atoms with Crippen LogP contribution in [0.15, 0.2) is 12.3 Å². The zero-order chi connectivity index (χ0) is 9.15. The second kappa shape index (κ2) is 3.70. The molecule has 1 saturated carbocycles. The van der Waals surface area contributed by atoms with Gasteiger partial charge in [-0.05, 0) is 45.1 Å². The van der Waals surface area contributed by atoms with Crippen molar-refractivity contribution in [3.8, 4) is 0 Å². The molecular formula is C11H19NO. The van der Waals surface area contributed by atoms with Crippen LogP contribution < -0.4 is 5.32 Å². The van der Waals surface area contributed by atoms with Gasteiger partial charge in [0.2, 0.25) is 0 Å². The van der Waals surface area contributed by atoms with Crippen LogP contribution in [0.2, 0.25) is 0 Å². The van der Waals surface area contributed by atoms with Crippen molar-refractivity contribution in [3.05, 3.63) is 12.3 Å². The lowest BCUT2D eigenvalue weighted by Crippen LogP contribution is -2.50. The molecule has 2 nitrogen and oxygen atoms in total. The lowest BCUT2D eigenvalue weighted by Gasteiger charge is -2.40. The standard InChI is InChI=1S/C11H19NO/c1-11(6-4-7-11)12-9-10-5-2-3-8-13-10/h3,8,10,12H,2,4-7,9H2,1H3. The summed E-state index contributed by atoms with van der Waals surface area (Å²) in [7, 11) is 0. The third-order valence-corrected chi connectivity index (χ3v) is 3.24. The molecule has 1 unspecified atom stereocenters. The van der Waals surface area contributed by atoms with Crippen LogP contribution in [0.25, 0.3) is 0 Å². The molecule has 0 amide bonds. The number of nitrogens with one attached hydrogen (secondary N) is 1. The van der Waals surface area contributed by atoms with Gasteiger partial charge in [0.05, 0.1) is 6.26 Å². The molecular weight excluding hydrogens is 162 g/mol. The predicted molar refractivity (Wildman–Crippen MR) is 53.5 cm³/mol. The van der Waals surface area contributed by atoms with E-state index >= 15 is 0 Å². The summed E-state index contributed by atoms with van der Waals surface area (Å²) in [5, 5.41) is 3.61. The predicted octanol–water partition coefficient (Wildman–Crippen LogP) is 2.21. The maximum absolute atomic E-state index is 5.50. The van der Waals surface area contributed by atoms with Gasteiger partial charge in [-0.25, -0.2) is 0 Å². The van der Waals surface area contributed by atoms with Gasteiger partial charge < -0.3 is 10.1 Å². The molecule has 0 aromatic carbocycles. The van der Waals surface area contributed by atoms with E-state index in [-0.39, 0.29) is 0 Å². The van der Waals surface area contributed by atoms with Crippen LogP contribution in [0, 0.1) is 0 Å². The van der Waals surface area contributed by atoms with Crippen molar-refractivity contribution in [2.75, 3.05) is 6.54 Å². The van der Waals surface area contributed by atoms with Crippen LogP contribution in [0.1, 0.15) is 39.0 Å². The van der Waals surface area contributed by atoms with Crippen molar-refractivity contribution in [1.82, 2.24) is 5.32 Å². The highest BCUT2D eigenvalue weighted by Crippen LogP contribution is 2.30. The Morgan fingerprint density at radius 2 is 2.38 bits per heavy atom. The Morgan fingerprint density at radius 3 is 2.92 bits per heavy atom. The highest BCUT2D eigenvalue weighted by Gasteiger charge is 2.31. The summed E-state index contributed by atoms with van der Waals surface area (Å²) >= 11 is 0. The SMILES string of the molecule is CC1(NCC2CCC=CO2)CCC1. The van der Waals surface area contributed by atoms with E-state index in [0.29, 0.717) is 11.6 Å². The van der Waals surface area contributed by atoms with Gasteiger partial charge in [0, 0.05) is 12.1 Å². The molecule has 2 heteroatoms. The lowest BCUT2D eigenvalue weighted by molar-refractivity contribution is 0.0984. The molecule has 1 atom stereocenters. The van der Waals surface area contributed by atoms with Crippen molar-refractivity contribution in [2.24, 2.45) is 0 Å². The van der Waals surface area contributed by atoms with Crippen LogP contribution in [-0.4, -0.2) is 18.2 Å². The van der Waals surface area contributed by atoms with Crippen LogP contribution in [0.5, 0.6) is 0 Å². The summed E-state index contributed by atoms with van der Waals surface area (Å²) in [4.78, 5) is 0. The van der Waals surface area contributed by atoms with Gasteiger partial charge in [-0.1, -0.05) is 0 Å². The summed E-state index contributed by atoms with van der Waals surface area (Å²) in [5.74, 6) is 0. The molecule has 2 aliphatic rings. The fourth-order valence-corrected chi connectivity index (χ4v) is 1.98. The third-order valence-electron chi connectivity index (χ3n) is 3.24. The molecule has 0 spiro atoms. The van der Waals surface area contributed by atoms with Crippen molar-refractivity contribution >= 4 is 0 Å². The van der Waals surface area contributed by atoms with Gasteiger partial charge in [0.15, 0.2) is 0 Å². The number of hydrogen-bond acceptors (Lipinski definition) is 2. The molecule has 1 aliphatic heterocycles. The fraction of sp³-hybridized carbons (Fsp3) is 0.818. The second-order valence-corrected chi connectivity index (χ2v) is 4.50. The van der Waals surface area contributed by atoms with Crippen molar-refractivity contribution in [3.63, 3.8) is 0 Å². The highest BCUT2D eigenvalue weighted by molar-refractivity contribution is 4.93. The Labute approximate surface area is 80.4 Å². The van der Waals surface area contributed by atoms with Crippen molar-refractivity contribution < 1.29 is 4.74 Å². The van der Waals surface area contributed by atoms with Crippen LogP contribution >= 0.6 is 0 Å². The molecule has 1 aliphatic carbocycles. The maximum atomic E-state index is 5.50. The minimum Gasteiger partial charge on any atom is -0.497 e. The summed E-state index contributed by atoms with van der Waals surface area (Å²) in [6.07, 6.45) is 10.7. The third kappa shape index (κ3) is 2.25. The monoisotopic (exact) mass is 181 g/mol. The molecule has 1 heterocycles. The minimum atomic E-state index is 0.405. The van der Waals surface area contributed by atoms with E-state index in [9.17, 15) is 0 Å². The summed E-state index contributed by atoms with van der Waals surface area (Å²) < 4.78 is 5.50. The van der Waals surface area contributed by atoms with E-state index in [1.54, 1.807) is 0 Å². The Kier molecular flexibility index (Phi) is 2.58. The highest BCUT2D eigenvalue weighted by atomic mass is 16.5.